The van der Waals surface area contributed by atoms with Gasteiger partial charge in [-0.2, -0.15) is 0 Å². The van der Waals surface area contributed by atoms with Crippen LogP contribution < -0.4 is 0 Å². The summed E-state index contributed by atoms with van der Waals surface area (Å²) in [7, 11) is 0. The first-order valence-electron chi connectivity index (χ1n) is 9.13. The molecule has 1 heteroatoms. The first-order chi connectivity index (χ1) is 13.1. The van der Waals surface area contributed by atoms with Crippen molar-refractivity contribution in [1.29, 1.82) is 0 Å². The van der Waals surface area contributed by atoms with Crippen LogP contribution in [0.2, 0.25) is 0 Å². The number of halogens is 1. The number of hydrogen-bond donors (Lipinski definition) is 0. The maximum absolute atomic E-state index is 14.3. The van der Waals surface area contributed by atoms with Crippen molar-refractivity contribution in [2.75, 3.05) is 0 Å². The molecule has 0 bridgehead atoms. The molecule has 0 fully saturated rings. The van der Waals surface area contributed by atoms with Gasteiger partial charge >= 0.3 is 0 Å². The van der Waals surface area contributed by atoms with Gasteiger partial charge in [0, 0.05) is 16.7 Å². The molecule has 0 spiro atoms. The van der Waals surface area contributed by atoms with E-state index < -0.39 is 0 Å². The lowest BCUT2D eigenvalue weighted by Gasteiger charge is -1.98. The molecule has 3 aromatic rings. The smallest absolute Gasteiger partial charge is 0.140 e. The van der Waals surface area contributed by atoms with Gasteiger partial charge < -0.3 is 0 Å². The summed E-state index contributed by atoms with van der Waals surface area (Å²) >= 11 is 0. The average molecular weight is 352 g/mol. The molecule has 0 N–H and O–H groups in total. The molecule has 3 aromatic carbocycles. The van der Waals surface area contributed by atoms with Crippen LogP contribution in [-0.4, -0.2) is 0 Å². The lowest BCUT2D eigenvalue weighted by Crippen LogP contribution is -1.87. The van der Waals surface area contributed by atoms with Crippen LogP contribution in [0.5, 0.6) is 0 Å². The maximum atomic E-state index is 14.3. The molecule has 0 aliphatic rings. The fourth-order valence-corrected chi connectivity index (χ4v) is 2.66. The SMILES string of the molecule is CCCc1ccc(C#Cc2ccc(C#Cc3ccc(C)cc3)cc2F)cc1. The van der Waals surface area contributed by atoms with Crippen LogP contribution in [-0.2, 0) is 6.42 Å². The van der Waals surface area contributed by atoms with Gasteiger partial charge in [0.2, 0.25) is 0 Å². The molecule has 0 atom stereocenters. The van der Waals surface area contributed by atoms with Crippen LogP contribution in [0, 0.1) is 36.4 Å². The van der Waals surface area contributed by atoms with E-state index in [1.54, 1.807) is 12.1 Å². The molecule has 0 nitrogen and oxygen atoms in total. The number of aryl methyl sites for hydroxylation is 2. The van der Waals surface area contributed by atoms with Gasteiger partial charge in [0.15, 0.2) is 0 Å². The van der Waals surface area contributed by atoms with E-state index in [-0.39, 0.29) is 5.82 Å². The third-order valence-electron chi connectivity index (χ3n) is 4.21. The molecular formula is C26H21F. The second-order valence-electron chi connectivity index (χ2n) is 6.51. The van der Waals surface area contributed by atoms with E-state index in [0.717, 1.165) is 24.0 Å². The summed E-state index contributed by atoms with van der Waals surface area (Å²) in [5.41, 5.74) is 5.31. The average Bonchev–Trinajstić information content (AvgIpc) is 2.68. The lowest BCUT2D eigenvalue weighted by molar-refractivity contribution is 0.624. The number of benzene rings is 3. The van der Waals surface area contributed by atoms with Crippen LogP contribution in [0.1, 0.15) is 46.7 Å². The van der Waals surface area contributed by atoms with Crippen LogP contribution >= 0.6 is 0 Å². The summed E-state index contributed by atoms with van der Waals surface area (Å²) in [6.45, 7) is 4.19. The van der Waals surface area contributed by atoms with Gasteiger partial charge in [-0.3, -0.25) is 0 Å². The minimum atomic E-state index is -0.346. The topological polar surface area (TPSA) is 0 Å². The zero-order valence-electron chi connectivity index (χ0n) is 15.6. The Morgan fingerprint density at radius 1 is 0.704 bits per heavy atom. The predicted molar refractivity (Wildman–Crippen MR) is 110 cm³/mol. The van der Waals surface area contributed by atoms with Gasteiger partial charge in [-0.05, 0) is 61.4 Å². The van der Waals surface area contributed by atoms with Gasteiger partial charge in [-0.1, -0.05) is 66.9 Å². The van der Waals surface area contributed by atoms with Crippen LogP contribution in [0.3, 0.4) is 0 Å². The summed E-state index contributed by atoms with van der Waals surface area (Å²) < 4.78 is 14.3. The highest BCUT2D eigenvalue weighted by molar-refractivity contribution is 5.48. The van der Waals surface area contributed by atoms with Crippen LogP contribution in [0.15, 0.2) is 66.7 Å². The molecule has 0 unspecified atom stereocenters. The minimum absolute atomic E-state index is 0.346. The Labute approximate surface area is 161 Å². The van der Waals surface area contributed by atoms with Crippen LogP contribution in [0.25, 0.3) is 0 Å². The standard InChI is InChI=1S/C26H21F/c1-3-4-21-9-11-23(12-10-21)15-17-25-18-16-24(19-26(25)27)14-13-22-7-5-20(2)6-8-22/h5-12,16,18-19H,3-4H2,1-2H3. The normalized spacial score (nSPS) is 9.74. The van der Waals surface area contributed by atoms with Gasteiger partial charge in [0.05, 0.1) is 5.56 Å². The number of rotatable bonds is 2. The highest BCUT2D eigenvalue weighted by atomic mass is 19.1. The molecule has 0 heterocycles. The maximum Gasteiger partial charge on any atom is 0.140 e. The second kappa shape index (κ2) is 8.88. The minimum Gasteiger partial charge on any atom is -0.206 e. The molecule has 0 saturated carbocycles. The van der Waals surface area contributed by atoms with Crippen molar-refractivity contribution >= 4 is 0 Å². The second-order valence-corrected chi connectivity index (χ2v) is 6.51. The molecule has 0 amide bonds. The van der Waals surface area contributed by atoms with Gasteiger partial charge in [0.1, 0.15) is 5.82 Å². The van der Waals surface area contributed by atoms with Crippen molar-refractivity contribution in [2.24, 2.45) is 0 Å². The van der Waals surface area contributed by atoms with Crippen LogP contribution in [0.4, 0.5) is 4.39 Å². The lowest BCUT2D eigenvalue weighted by atomic mass is 10.1. The van der Waals surface area contributed by atoms with E-state index in [9.17, 15) is 4.39 Å². The van der Waals surface area contributed by atoms with Gasteiger partial charge in [0.25, 0.3) is 0 Å². The third-order valence-corrected chi connectivity index (χ3v) is 4.21. The molecule has 3 rings (SSSR count). The Kier molecular flexibility index (Phi) is 6.09. The number of hydrogen-bond acceptors (Lipinski definition) is 0. The molecule has 27 heavy (non-hydrogen) atoms. The summed E-state index contributed by atoms with van der Waals surface area (Å²) in [6, 6.07) is 21.0. The Balaban J connectivity index is 1.75. The summed E-state index contributed by atoms with van der Waals surface area (Å²) in [5, 5.41) is 0. The zero-order chi connectivity index (χ0) is 19.1. The summed E-state index contributed by atoms with van der Waals surface area (Å²) in [6.07, 6.45) is 2.18. The summed E-state index contributed by atoms with van der Waals surface area (Å²) in [5.74, 6) is 11.7. The van der Waals surface area contributed by atoms with E-state index in [1.165, 1.54) is 17.2 Å². The first-order valence-corrected chi connectivity index (χ1v) is 9.13. The fourth-order valence-electron chi connectivity index (χ4n) is 2.66. The Hall–Kier alpha value is -3.29. The Morgan fingerprint density at radius 2 is 1.26 bits per heavy atom. The molecular weight excluding hydrogens is 331 g/mol. The van der Waals surface area contributed by atoms with Gasteiger partial charge in [-0.25, -0.2) is 4.39 Å². The molecule has 0 aromatic heterocycles. The predicted octanol–water partition coefficient (Wildman–Crippen LogP) is 5.89. The molecule has 0 radical (unpaired) electrons. The Morgan fingerprint density at radius 3 is 1.89 bits per heavy atom. The van der Waals surface area contributed by atoms with Crippen molar-refractivity contribution in [3.05, 3.63) is 106 Å². The third kappa shape index (κ3) is 5.34. The van der Waals surface area contributed by atoms with E-state index in [4.69, 9.17) is 0 Å². The highest BCUT2D eigenvalue weighted by Gasteiger charge is 2.00. The molecule has 0 aliphatic heterocycles. The van der Waals surface area contributed by atoms with E-state index in [0.29, 0.717) is 11.1 Å². The summed E-state index contributed by atoms with van der Waals surface area (Å²) in [4.78, 5) is 0. The quantitative estimate of drug-likeness (QED) is 0.505. The highest BCUT2D eigenvalue weighted by Crippen LogP contribution is 2.11. The van der Waals surface area contributed by atoms with E-state index in [2.05, 4.69) is 42.7 Å². The fraction of sp³-hybridized carbons (Fsp3) is 0.154. The zero-order valence-corrected chi connectivity index (χ0v) is 15.6. The van der Waals surface area contributed by atoms with Gasteiger partial charge in [-0.15, -0.1) is 0 Å². The van der Waals surface area contributed by atoms with E-state index >= 15 is 0 Å². The molecule has 0 saturated heterocycles. The molecule has 132 valence electrons. The van der Waals surface area contributed by atoms with Crippen molar-refractivity contribution in [3.63, 3.8) is 0 Å². The van der Waals surface area contributed by atoms with E-state index in [1.807, 2.05) is 43.3 Å². The van der Waals surface area contributed by atoms with Crippen molar-refractivity contribution in [2.45, 2.75) is 26.7 Å². The largest absolute Gasteiger partial charge is 0.206 e. The Bertz CT molecular complexity index is 1030. The molecule has 0 aliphatic carbocycles. The van der Waals surface area contributed by atoms with Crippen molar-refractivity contribution in [1.82, 2.24) is 0 Å². The van der Waals surface area contributed by atoms with Crippen molar-refractivity contribution < 1.29 is 4.39 Å². The first kappa shape index (κ1) is 18.5. The monoisotopic (exact) mass is 352 g/mol. The van der Waals surface area contributed by atoms with Crippen molar-refractivity contribution in [3.8, 4) is 23.7 Å².